The maximum Gasteiger partial charge on any atom is 0.306 e. The lowest BCUT2D eigenvalue weighted by atomic mass is 10.1. The Morgan fingerprint density at radius 1 is 1.43 bits per heavy atom. The Bertz CT molecular complexity index is 658. The standard InChI is InChI=1S/C12H17FN2O5S/c1-8-5-9(13)10(15(16)17)6-11(8)21(18,19)14-7-12(2,3)20-4/h5-6,14H,7H2,1-4H3. The molecule has 1 aromatic carbocycles. The second-order valence-electron chi connectivity index (χ2n) is 5.11. The van der Waals surface area contributed by atoms with Gasteiger partial charge < -0.3 is 4.74 Å². The van der Waals surface area contributed by atoms with Crippen molar-refractivity contribution in [2.24, 2.45) is 0 Å². The maximum atomic E-state index is 13.4. The summed E-state index contributed by atoms with van der Waals surface area (Å²) in [5.41, 5.74) is -1.54. The minimum atomic E-state index is -4.01. The molecule has 1 rings (SSSR count). The normalized spacial score (nSPS) is 12.4. The number of halogens is 1. The van der Waals surface area contributed by atoms with Gasteiger partial charge in [0.15, 0.2) is 0 Å². The summed E-state index contributed by atoms with van der Waals surface area (Å²) in [6, 6.07) is 1.54. The van der Waals surface area contributed by atoms with Crippen LogP contribution in [0.1, 0.15) is 19.4 Å². The predicted octanol–water partition coefficient (Wildman–Crippen LogP) is 1.75. The van der Waals surface area contributed by atoms with Crippen molar-refractivity contribution in [3.63, 3.8) is 0 Å². The first-order valence-corrected chi connectivity index (χ1v) is 7.48. The van der Waals surface area contributed by atoms with Crippen LogP contribution in [-0.4, -0.2) is 32.6 Å². The summed E-state index contributed by atoms with van der Waals surface area (Å²) in [6.45, 7) is 4.68. The number of sulfonamides is 1. The summed E-state index contributed by atoms with van der Waals surface area (Å²) >= 11 is 0. The molecule has 0 unspecified atom stereocenters. The third-order valence-electron chi connectivity index (χ3n) is 2.97. The number of nitro benzene ring substituents is 1. The third kappa shape index (κ3) is 4.19. The molecule has 1 aromatic rings. The topological polar surface area (TPSA) is 98.5 Å². The molecule has 118 valence electrons. The first-order valence-electron chi connectivity index (χ1n) is 5.99. The van der Waals surface area contributed by atoms with Crippen LogP contribution in [-0.2, 0) is 14.8 Å². The number of nitrogens with one attached hydrogen (secondary N) is 1. The zero-order valence-corrected chi connectivity index (χ0v) is 13.0. The fourth-order valence-corrected chi connectivity index (χ4v) is 2.93. The largest absolute Gasteiger partial charge is 0.377 e. The third-order valence-corrected chi connectivity index (χ3v) is 4.51. The number of rotatable bonds is 6. The molecule has 7 nitrogen and oxygen atoms in total. The van der Waals surface area contributed by atoms with Crippen molar-refractivity contribution in [3.8, 4) is 0 Å². The molecule has 21 heavy (non-hydrogen) atoms. The molecule has 0 amide bonds. The lowest BCUT2D eigenvalue weighted by Crippen LogP contribution is -2.39. The average Bonchev–Trinajstić information content (AvgIpc) is 2.36. The molecule has 0 fully saturated rings. The van der Waals surface area contributed by atoms with Gasteiger partial charge >= 0.3 is 5.69 Å². The van der Waals surface area contributed by atoms with E-state index in [2.05, 4.69) is 4.72 Å². The Labute approximate surface area is 122 Å². The highest BCUT2D eigenvalue weighted by Crippen LogP contribution is 2.25. The molecule has 0 radical (unpaired) electrons. The van der Waals surface area contributed by atoms with Gasteiger partial charge in [0.1, 0.15) is 0 Å². The van der Waals surface area contributed by atoms with Gasteiger partial charge in [0.25, 0.3) is 0 Å². The van der Waals surface area contributed by atoms with Crippen LogP contribution in [0.15, 0.2) is 17.0 Å². The van der Waals surface area contributed by atoms with Crippen molar-refractivity contribution < 1.29 is 22.5 Å². The highest BCUT2D eigenvalue weighted by Gasteiger charge is 2.26. The summed E-state index contributed by atoms with van der Waals surface area (Å²) in [5.74, 6) is -1.08. The Kier molecular flexibility index (Phi) is 5.03. The number of methoxy groups -OCH3 is 1. The van der Waals surface area contributed by atoms with E-state index in [0.29, 0.717) is 6.07 Å². The summed E-state index contributed by atoms with van der Waals surface area (Å²) in [4.78, 5) is 9.41. The molecule has 0 aliphatic heterocycles. The summed E-state index contributed by atoms with van der Waals surface area (Å²) in [5, 5.41) is 10.7. The highest BCUT2D eigenvalue weighted by molar-refractivity contribution is 7.89. The Hall–Kier alpha value is -1.58. The number of ether oxygens (including phenoxy) is 1. The Morgan fingerprint density at radius 2 is 2.00 bits per heavy atom. The highest BCUT2D eigenvalue weighted by atomic mass is 32.2. The first-order chi connectivity index (χ1) is 9.50. The molecule has 0 spiro atoms. The number of aryl methyl sites for hydroxylation is 1. The number of hydrogen-bond donors (Lipinski definition) is 1. The van der Waals surface area contributed by atoms with Gasteiger partial charge in [0, 0.05) is 19.7 Å². The van der Waals surface area contributed by atoms with Gasteiger partial charge in [-0.05, 0) is 32.4 Å². The monoisotopic (exact) mass is 320 g/mol. The van der Waals surface area contributed by atoms with E-state index >= 15 is 0 Å². The van der Waals surface area contributed by atoms with Crippen LogP contribution in [0.2, 0.25) is 0 Å². The van der Waals surface area contributed by atoms with Crippen molar-refractivity contribution in [3.05, 3.63) is 33.6 Å². The Balaban J connectivity index is 3.20. The number of benzene rings is 1. The van der Waals surface area contributed by atoms with Crippen LogP contribution in [0.3, 0.4) is 0 Å². The van der Waals surface area contributed by atoms with Gasteiger partial charge in [-0.15, -0.1) is 0 Å². The molecule has 0 bridgehead atoms. The van der Waals surface area contributed by atoms with Gasteiger partial charge in [-0.2, -0.15) is 4.39 Å². The molecular formula is C12H17FN2O5S. The van der Waals surface area contributed by atoms with Crippen LogP contribution >= 0.6 is 0 Å². The molecule has 0 saturated carbocycles. The average molecular weight is 320 g/mol. The van der Waals surface area contributed by atoms with E-state index in [1.807, 2.05) is 0 Å². The molecule has 9 heteroatoms. The lowest BCUT2D eigenvalue weighted by Gasteiger charge is -2.23. The molecule has 0 heterocycles. The molecule has 0 atom stereocenters. The first kappa shape index (κ1) is 17.5. The van der Waals surface area contributed by atoms with E-state index in [4.69, 9.17) is 4.74 Å². The van der Waals surface area contributed by atoms with E-state index in [0.717, 1.165) is 6.07 Å². The summed E-state index contributed by atoms with van der Waals surface area (Å²) in [7, 11) is -2.58. The van der Waals surface area contributed by atoms with E-state index in [1.165, 1.54) is 14.0 Å². The van der Waals surface area contributed by atoms with Crippen molar-refractivity contribution in [2.45, 2.75) is 31.3 Å². The van der Waals surface area contributed by atoms with Gasteiger partial charge in [-0.3, -0.25) is 10.1 Å². The molecule has 1 N–H and O–H groups in total. The fourth-order valence-electron chi connectivity index (χ4n) is 1.49. The van der Waals surface area contributed by atoms with Gasteiger partial charge in [-0.1, -0.05) is 0 Å². The molecular weight excluding hydrogens is 303 g/mol. The van der Waals surface area contributed by atoms with Crippen LogP contribution in [0.4, 0.5) is 10.1 Å². The van der Waals surface area contributed by atoms with Gasteiger partial charge in [0.05, 0.1) is 15.4 Å². The molecule has 0 saturated heterocycles. The van der Waals surface area contributed by atoms with Crippen molar-refractivity contribution in [1.29, 1.82) is 0 Å². The minimum Gasteiger partial charge on any atom is -0.377 e. The quantitative estimate of drug-likeness (QED) is 0.636. The van der Waals surface area contributed by atoms with Crippen molar-refractivity contribution >= 4 is 15.7 Å². The van der Waals surface area contributed by atoms with Crippen LogP contribution in [0.25, 0.3) is 0 Å². The second kappa shape index (κ2) is 6.04. The van der Waals surface area contributed by atoms with E-state index in [1.54, 1.807) is 13.8 Å². The molecule has 0 aromatic heterocycles. The lowest BCUT2D eigenvalue weighted by molar-refractivity contribution is -0.387. The van der Waals surface area contributed by atoms with Crippen LogP contribution < -0.4 is 4.72 Å². The van der Waals surface area contributed by atoms with E-state index < -0.39 is 32.1 Å². The maximum absolute atomic E-state index is 13.4. The van der Waals surface area contributed by atoms with E-state index in [-0.39, 0.29) is 17.0 Å². The minimum absolute atomic E-state index is 0.0313. The van der Waals surface area contributed by atoms with Crippen molar-refractivity contribution in [2.75, 3.05) is 13.7 Å². The predicted molar refractivity (Wildman–Crippen MR) is 74.1 cm³/mol. The van der Waals surface area contributed by atoms with Crippen LogP contribution in [0, 0.1) is 22.9 Å². The second-order valence-corrected chi connectivity index (χ2v) is 6.85. The van der Waals surface area contributed by atoms with Gasteiger partial charge in [-0.25, -0.2) is 13.1 Å². The smallest absolute Gasteiger partial charge is 0.306 e. The fraction of sp³-hybridized carbons (Fsp3) is 0.500. The molecule has 0 aliphatic carbocycles. The summed E-state index contributed by atoms with van der Waals surface area (Å²) in [6.07, 6.45) is 0. The Morgan fingerprint density at radius 3 is 2.48 bits per heavy atom. The number of nitrogens with zero attached hydrogens (tertiary/aromatic N) is 1. The SMILES string of the molecule is COC(C)(C)CNS(=O)(=O)c1cc([N+](=O)[O-])c(F)cc1C. The zero-order chi connectivity index (χ0) is 16.4. The summed E-state index contributed by atoms with van der Waals surface area (Å²) < 4.78 is 45.2. The van der Waals surface area contributed by atoms with E-state index in [9.17, 15) is 22.9 Å². The van der Waals surface area contributed by atoms with Gasteiger partial charge in [0.2, 0.25) is 15.8 Å². The number of hydrogen-bond acceptors (Lipinski definition) is 5. The number of nitro groups is 1. The van der Waals surface area contributed by atoms with Crippen molar-refractivity contribution in [1.82, 2.24) is 4.72 Å². The molecule has 0 aliphatic rings. The van der Waals surface area contributed by atoms with Crippen LogP contribution in [0.5, 0.6) is 0 Å². The zero-order valence-electron chi connectivity index (χ0n) is 12.1.